The summed E-state index contributed by atoms with van der Waals surface area (Å²) in [6.45, 7) is 3.92. The number of alkyl halides is 1. The summed E-state index contributed by atoms with van der Waals surface area (Å²) in [4.78, 5) is 4.37. The van der Waals surface area contributed by atoms with Crippen molar-refractivity contribution in [1.29, 1.82) is 0 Å². The fourth-order valence-corrected chi connectivity index (χ4v) is 2.02. The molecule has 0 aliphatic rings. The van der Waals surface area contributed by atoms with Gasteiger partial charge in [0, 0.05) is 17.6 Å². The number of nitrogens with zero attached hydrogens (tertiary/aromatic N) is 1. The van der Waals surface area contributed by atoms with E-state index in [-0.39, 0.29) is 0 Å². The molecule has 0 aliphatic carbocycles. The molecular formula is C15H16ClNO2. The largest absolute Gasteiger partial charge is 0.493 e. The minimum Gasteiger partial charge on any atom is -0.493 e. The summed E-state index contributed by atoms with van der Waals surface area (Å²) in [5, 5.41) is 0. The number of methoxy groups -OCH3 is 1. The normalized spacial score (nSPS) is 10.3. The van der Waals surface area contributed by atoms with Gasteiger partial charge >= 0.3 is 0 Å². The smallest absolute Gasteiger partial charge is 0.219 e. The van der Waals surface area contributed by atoms with E-state index in [2.05, 4.69) is 4.98 Å². The lowest BCUT2D eigenvalue weighted by atomic mass is 10.2. The first-order valence-corrected chi connectivity index (χ1v) is 6.52. The Balaban J connectivity index is 2.28. The summed E-state index contributed by atoms with van der Waals surface area (Å²) in [5.41, 5.74) is 2.99. The summed E-state index contributed by atoms with van der Waals surface area (Å²) < 4.78 is 11.1. The van der Waals surface area contributed by atoms with Gasteiger partial charge in [0.05, 0.1) is 7.11 Å². The van der Waals surface area contributed by atoms with Gasteiger partial charge in [0.1, 0.15) is 0 Å². The third-order valence-electron chi connectivity index (χ3n) is 2.85. The first kappa shape index (κ1) is 13.7. The predicted molar refractivity (Wildman–Crippen MR) is 76.3 cm³/mol. The van der Waals surface area contributed by atoms with Gasteiger partial charge in [0.25, 0.3) is 0 Å². The van der Waals surface area contributed by atoms with Crippen LogP contribution in [0.3, 0.4) is 0 Å². The maximum absolute atomic E-state index is 5.81. The van der Waals surface area contributed by atoms with E-state index in [0.717, 1.165) is 16.8 Å². The van der Waals surface area contributed by atoms with E-state index in [4.69, 9.17) is 21.1 Å². The molecule has 100 valence electrons. The fraction of sp³-hybridized carbons (Fsp3) is 0.267. The number of aromatic nitrogens is 1. The minimum atomic E-state index is 0.451. The molecule has 0 saturated carbocycles. The van der Waals surface area contributed by atoms with Crippen LogP contribution in [0.1, 0.15) is 16.8 Å². The van der Waals surface area contributed by atoms with Crippen LogP contribution in [-0.4, -0.2) is 12.1 Å². The van der Waals surface area contributed by atoms with Gasteiger partial charge in [0.2, 0.25) is 5.88 Å². The van der Waals surface area contributed by atoms with E-state index >= 15 is 0 Å². The molecule has 0 N–H and O–H groups in total. The summed E-state index contributed by atoms with van der Waals surface area (Å²) in [6.07, 6.45) is 0. The van der Waals surface area contributed by atoms with Crippen molar-refractivity contribution in [3.8, 4) is 17.4 Å². The lowest BCUT2D eigenvalue weighted by Gasteiger charge is -2.11. The molecule has 0 bridgehead atoms. The second kappa shape index (κ2) is 5.93. The standard InChI is InChI=1S/C15H16ClNO2/c1-10-4-6-13(14(8-10)18-3)19-15-7-5-12(9-16)11(2)17-15/h4-8H,9H2,1-3H3. The summed E-state index contributed by atoms with van der Waals surface area (Å²) in [6, 6.07) is 9.50. The van der Waals surface area contributed by atoms with Crippen molar-refractivity contribution in [2.75, 3.05) is 7.11 Å². The van der Waals surface area contributed by atoms with Crippen molar-refractivity contribution in [2.24, 2.45) is 0 Å². The Kier molecular flexibility index (Phi) is 4.27. The molecule has 1 aromatic carbocycles. The third-order valence-corrected chi connectivity index (χ3v) is 3.14. The van der Waals surface area contributed by atoms with Crippen LogP contribution in [0.5, 0.6) is 17.4 Å². The van der Waals surface area contributed by atoms with Gasteiger partial charge in [-0.3, -0.25) is 0 Å². The Labute approximate surface area is 118 Å². The van der Waals surface area contributed by atoms with E-state index in [1.165, 1.54) is 0 Å². The van der Waals surface area contributed by atoms with Crippen LogP contribution >= 0.6 is 11.6 Å². The highest BCUT2D eigenvalue weighted by Gasteiger charge is 2.08. The zero-order valence-electron chi connectivity index (χ0n) is 11.2. The molecule has 0 aliphatic heterocycles. The van der Waals surface area contributed by atoms with Gasteiger partial charge in [-0.05, 0) is 37.1 Å². The number of rotatable bonds is 4. The molecule has 0 saturated heterocycles. The first-order valence-electron chi connectivity index (χ1n) is 5.99. The number of ether oxygens (including phenoxy) is 2. The maximum atomic E-state index is 5.81. The molecule has 19 heavy (non-hydrogen) atoms. The topological polar surface area (TPSA) is 31.4 Å². The average Bonchev–Trinajstić information content (AvgIpc) is 2.41. The zero-order chi connectivity index (χ0) is 13.8. The third kappa shape index (κ3) is 3.18. The molecule has 0 amide bonds. The Hall–Kier alpha value is -1.74. The van der Waals surface area contributed by atoms with Gasteiger partial charge in [0.15, 0.2) is 11.5 Å². The van der Waals surface area contributed by atoms with Crippen LogP contribution in [0.2, 0.25) is 0 Å². The molecular weight excluding hydrogens is 262 g/mol. The van der Waals surface area contributed by atoms with Crippen LogP contribution in [0.25, 0.3) is 0 Å². The van der Waals surface area contributed by atoms with Gasteiger partial charge in [-0.1, -0.05) is 12.1 Å². The van der Waals surface area contributed by atoms with Crippen molar-refractivity contribution >= 4 is 11.6 Å². The van der Waals surface area contributed by atoms with E-state index in [0.29, 0.717) is 23.3 Å². The van der Waals surface area contributed by atoms with Crippen molar-refractivity contribution < 1.29 is 9.47 Å². The Morgan fingerprint density at radius 2 is 1.89 bits per heavy atom. The van der Waals surface area contributed by atoms with Gasteiger partial charge in [-0.25, -0.2) is 4.98 Å². The predicted octanol–water partition coefficient (Wildman–Crippen LogP) is 4.24. The minimum absolute atomic E-state index is 0.451. The van der Waals surface area contributed by atoms with Crippen LogP contribution in [0, 0.1) is 13.8 Å². The molecule has 0 radical (unpaired) electrons. The van der Waals surface area contributed by atoms with Crippen LogP contribution in [0.15, 0.2) is 30.3 Å². The van der Waals surface area contributed by atoms with Crippen molar-refractivity contribution in [3.63, 3.8) is 0 Å². The second-order valence-corrected chi connectivity index (χ2v) is 4.55. The van der Waals surface area contributed by atoms with Crippen molar-refractivity contribution in [3.05, 3.63) is 47.2 Å². The van der Waals surface area contributed by atoms with Crippen LogP contribution in [0.4, 0.5) is 0 Å². The molecule has 0 spiro atoms. The number of halogens is 1. The molecule has 4 heteroatoms. The number of hydrogen-bond donors (Lipinski definition) is 0. The maximum Gasteiger partial charge on any atom is 0.219 e. The average molecular weight is 278 g/mol. The highest BCUT2D eigenvalue weighted by molar-refractivity contribution is 6.17. The Bertz CT molecular complexity index is 584. The lowest BCUT2D eigenvalue weighted by Crippen LogP contribution is -1.95. The molecule has 0 fully saturated rings. The lowest BCUT2D eigenvalue weighted by molar-refractivity contribution is 0.373. The highest BCUT2D eigenvalue weighted by atomic mass is 35.5. The summed E-state index contributed by atoms with van der Waals surface area (Å²) in [7, 11) is 1.62. The highest BCUT2D eigenvalue weighted by Crippen LogP contribution is 2.31. The molecule has 3 nitrogen and oxygen atoms in total. The summed E-state index contributed by atoms with van der Waals surface area (Å²) in [5.74, 6) is 2.33. The van der Waals surface area contributed by atoms with Gasteiger partial charge < -0.3 is 9.47 Å². The van der Waals surface area contributed by atoms with E-state index in [1.54, 1.807) is 7.11 Å². The fourth-order valence-electron chi connectivity index (χ4n) is 1.74. The number of benzene rings is 1. The van der Waals surface area contributed by atoms with E-state index < -0.39 is 0 Å². The number of pyridine rings is 1. The zero-order valence-corrected chi connectivity index (χ0v) is 12.0. The molecule has 2 aromatic rings. The number of hydrogen-bond acceptors (Lipinski definition) is 3. The monoisotopic (exact) mass is 277 g/mol. The second-order valence-electron chi connectivity index (χ2n) is 4.28. The molecule has 1 aromatic heterocycles. The van der Waals surface area contributed by atoms with Crippen molar-refractivity contribution in [1.82, 2.24) is 4.98 Å². The van der Waals surface area contributed by atoms with E-state index in [9.17, 15) is 0 Å². The van der Waals surface area contributed by atoms with Gasteiger partial charge in [-0.15, -0.1) is 11.6 Å². The van der Waals surface area contributed by atoms with Crippen LogP contribution < -0.4 is 9.47 Å². The van der Waals surface area contributed by atoms with E-state index in [1.807, 2.05) is 44.2 Å². The Morgan fingerprint density at radius 1 is 1.11 bits per heavy atom. The number of aryl methyl sites for hydroxylation is 2. The molecule has 2 rings (SSSR count). The van der Waals surface area contributed by atoms with Crippen LogP contribution in [-0.2, 0) is 5.88 Å². The Morgan fingerprint density at radius 3 is 2.53 bits per heavy atom. The van der Waals surface area contributed by atoms with Gasteiger partial charge in [-0.2, -0.15) is 0 Å². The summed E-state index contributed by atoms with van der Waals surface area (Å²) >= 11 is 5.81. The molecule has 1 heterocycles. The quantitative estimate of drug-likeness (QED) is 0.784. The molecule has 0 unspecified atom stereocenters. The van der Waals surface area contributed by atoms with Crippen molar-refractivity contribution in [2.45, 2.75) is 19.7 Å². The first-order chi connectivity index (χ1) is 9.13. The molecule has 0 atom stereocenters. The SMILES string of the molecule is COc1cc(C)ccc1Oc1ccc(CCl)c(C)n1.